The van der Waals surface area contributed by atoms with Gasteiger partial charge in [-0.25, -0.2) is 0 Å². The van der Waals surface area contributed by atoms with Gasteiger partial charge in [0.05, 0.1) is 12.7 Å². The molecule has 8 heavy (non-hydrogen) atoms. The van der Waals surface area contributed by atoms with Gasteiger partial charge in [-0.1, -0.05) is 6.92 Å². The molecule has 0 aromatic rings. The maximum atomic E-state index is 8.86. The van der Waals surface area contributed by atoms with E-state index in [9.17, 15) is 0 Å². The van der Waals surface area contributed by atoms with Crippen molar-refractivity contribution in [2.75, 3.05) is 13.2 Å². The summed E-state index contributed by atoms with van der Waals surface area (Å²) in [6, 6.07) is 0. The number of rotatable bonds is 4. The van der Waals surface area contributed by atoms with Gasteiger partial charge in [-0.2, -0.15) is 0 Å². The normalized spacial score (nSPS) is 13.9. The largest absolute Gasteiger partial charge is 0.391 e. The molecule has 50 valence electrons. The second-order valence-electron chi connectivity index (χ2n) is 1.72. The minimum Gasteiger partial charge on any atom is -0.391 e. The first-order valence-electron chi connectivity index (χ1n) is 3.07. The van der Waals surface area contributed by atoms with Crippen LogP contribution >= 0.6 is 0 Å². The van der Waals surface area contributed by atoms with Crippen LogP contribution in [0.15, 0.2) is 0 Å². The average Bonchev–Trinajstić information content (AvgIpc) is 1.83. The molecule has 0 fully saturated rings. The van der Waals surface area contributed by atoms with E-state index < -0.39 is 0 Å². The molecule has 0 bridgehead atoms. The number of aliphatic hydroxyl groups excluding tert-OH is 1. The number of hydrogen-bond acceptors (Lipinski definition) is 2. The Hall–Kier alpha value is -0.0800. The van der Waals surface area contributed by atoms with E-state index in [1.807, 2.05) is 13.8 Å². The average molecular weight is 118 g/mol. The molecule has 0 radical (unpaired) electrons. The molecule has 0 unspecified atom stereocenters. The van der Waals surface area contributed by atoms with E-state index in [1.165, 1.54) is 0 Å². The Morgan fingerprint density at radius 1 is 1.50 bits per heavy atom. The van der Waals surface area contributed by atoms with Crippen molar-refractivity contribution < 1.29 is 9.84 Å². The summed E-state index contributed by atoms with van der Waals surface area (Å²) in [4.78, 5) is 0. The Morgan fingerprint density at radius 2 is 2.12 bits per heavy atom. The standard InChI is InChI=1S/C6H14O2/c1-3-6(7)5-8-4-2/h6-7H,3-5H2,1-2H3/t6-/m1/s1. The second-order valence-corrected chi connectivity index (χ2v) is 1.72. The van der Waals surface area contributed by atoms with Crippen LogP contribution in [0.3, 0.4) is 0 Å². The van der Waals surface area contributed by atoms with Crippen LogP contribution < -0.4 is 0 Å². The molecule has 0 spiro atoms. The van der Waals surface area contributed by atoms with E-state index >= 15 is 0 Å². The fourth-order valence-electron chi connectivity index (χ4n) is 0.372. The molecule has 2 nitrogen and oxygen atoms in total. The van der Waals surface area contributed by atoms with Gasteiger partial charge < -0.3 is 9.84 Å². The Labute approximate surface area is 50.5 Å². The summed E-state index contributed by atoms with van der Waals surface area (Å²) in [5.41, 5.74) is 0. The topological polar surface area (TPSA) is 29.5 Å². The molecule has 0 aliphatic carbocycles. The highest BCUT2D eigenvalue weighted by Gasteiger charge is 1.96. The third kappa shape index (κ3) is 4.09. The van der Waals surface area contributed by atoms with Crippen LogP contribution in [0.2, 0.25) is 0 Å². The lowest BCUT2D eigenvalue weighted by molar-refractivity contribution is 0.0408. The Balaban J connectivity index is 2.86. The molecule has 0 amide bonds. The van der Waals surface area contributed by atoms with Crippen LogP contribution in [-0.4, -0.2) is 24.4 Å². The highest BCUT2D eigenvalue weighted by atomic mass is 16.5. The van der Waals surface area contributed by atoms with Gasteiger partial charge in [-0.15, -0.1) is 0 Å². The van der Waals surface area contributed by atoms with Crippen LogP contribution in [0.5, 0.6) is 0 Å². The van der Waals surface area contributed by atoms with Crippen molar-refractivity contribution in [2.45, 2.75) is 26.4 Å². The fourth-order valence-corrected chi connectivity index (χ4v) is 0.372. The van der Waals surface area contributed by atoms with Crippen molar-refractivity contribution >= 4 is 0 Å². The Kier molecular flexibility index (Phi) is 5.01. The summed E-state index contributed by atoms with van der Waals surface area (Å²) in [5, 5.41) is 8.86. The minimum atomic E-state index is -0.269. The monoisotopic (exact) mass is 118 g/mol. The lowest BCUT2D eigenvalue weighted by Gasteiger charge is -2.05. The first-order chi connectivity index (χ1) is 3.81. The van der Waals surface area contributed by atoms with Crippen molar-refractivity contribution in [3.63, 3.8) is 0 Å². The van der Waals surface area contributed by atoms with Gasteiger partial charge in [0.2, 0.25) is 0 Å². The predicted octanol–water partition coefficient (Wildman–Crippen LogP) is 0.794. The van der Waals surface area contributed by atoms with Gasteiger partial charge in [0, 0.05) is 6.61 Å². The zero-order valence-electron chi connectivity index (χ0n) is 5.55. The first-order valence-corrected chi connectivity index (χ1v) is 3.07. The smallest absolute Gasteiger partial charge is 0.0771 e. The maximum absolute atomic E-state index is 8.86. The van der Waals surface area contributed by atoms with Crippen molar-refractivity contribution in [3.05, 3.63) is 0 Å². The Bertz CT molecular complexity index is 45.8. The number of aliphatic hydroxyl groups is 1. The number of ether oxygens (including phenoxy) is 1. The quantitative estimate of drug-likeness (QED) is 0.591. The summed E-state index contributed by atoms with van der Waals surface area (Å²) in [5.74, 6) is 0. The second kappa shape index (κ2) is 5.06. The zero-order chi connectivity index (χ0) is 6.41. The van der Waals surface area contributed by atoms with E-state index in [4.69, 9.17) is 9.84 Å². The lowest BCUT2D eigenvalue weighted by atomic mass is 10.3. The zero-order valence-corrected chi connectivity index (χ0v) is 5.55. The fraction of sp³-hybridized carbons (Fsp3) is 1.00. The molecule has 0 aromatic carbocycles. The van der Waals surface area contributed by atoms with E-state index in [2.05, 4.69) is 0 Å². The van der Waals surface area contributed by atoms with Crippen molar-refractivity contribution in [1.82, 2.24) is 0 Å². The van der Waals surface area contributed by atoms with Crippen LogP contribution in [0, 0.1) is 0 Å². The third-order valence-electron chi connectivity index (χ3n) is 0.986. The molecular formula is C6H14O2. The summed E-state index contributed by atoms with van der Waals surface area (Å²) < 4.78 is 4.94. The molecule has 0 rings (SSSR count). The predicted molar refractivity (Wildman–Crippen MR) is 32.8 cm³/mol. The summed E-state index contributed by atoms with van der Waals surface area (Å²) in [6.07, 6.45) is 0.509. The molecule has 0 heterocycles. The molecule has 1 atom stereocenters. The molecule has 2 heteroatoms. The third-order valence-corrected chi connectivity index (χ3v) is 0.986. The number of hydrogen-bond donors (Lipinski definition) is 1. The van der Waals surface area contributed by atoms with Gasteiger partial charge in [0.1, 0.15) is 0 Å². The molecule has 1 N–H and O–H groups in total. The highest BCUT2D eigenvalue weighted by molar-refractivity contribution is 4.46. The van der Waals surface area contributed by atoms with Gasteiger partial charge in [-0.05, 0) is 13.3 Å². The lowest BCUT2D eigenvalue weighted by Crippen LogP contribution is -2.13. The van der Waals surface area contributed by atoms with E-state index in [1.54, 1.807) is 0 Å². The molecular weight excluding hydrogens is 104 g/mol. The molecule has 0 aliphatic rings. The van der Waals surface area contributed by atoms with E-state index in [-0.39, 0.29) is 6.10 Å². The van der Waals surface area contributed by atoms with Crippen molar-refractivity contribution in [3.8, 4) is 0 Å². The summed E-state index contributed by atoms with van der Waals surface area (Å²) in [6.45, 7) is 5.02. The van der Waals surface area contributed by atoms with Gasteiger partial charge in [0.25, 0.3) is 0 Å². The molecule has 0 saturated heterocycles. The molecule has 0 aromatic heterocycles. The minimum absolute atomic E-state index is 0.269. The highest BCUT2D eigenvalue weighted by Crippen LogP contribution is 1.89. The van der Waals surface area contributed by atoms with Crippen molar-refractivity contribution in [2.24, 2.45) is 0 Å². The van der Waals surface area contributed by atoms with Crippen LogP contribution in [0.25, 0.3) is 0 Å². The van der Waals surface area contributed by atoms with Gasteiger partial charge >= 0.3 is 0 Å². The van der Waals surface area contributed by atoms with Crippen LogP contribution in [0.4, 0.5) is 0 Å². The van der Waals surface area contributed by atoms with Gasteiger partial charge in [-0.3, -0.25) is 0 Å². The van der Waals surface area contributed by atoms with Gasteiger partial charge in [0.15, 0.2) is 0 Å². The van der Waals surface area contributed by atoms with Crippen LogP contribution in [0.1, 0.15) is 20.3 Å². The SMILES string of the molecule is CCOC[C@H](O)CC. The maximum Gasteiger partial charge on any atom is 0.0771 e. The first kappa shape index (κ1) is 7.92. The van der Waals surface area contributed by atoms with Crippen LogP contribution in [-0.2, 0) is 4.74 Å². The van der Waals surface area contributed by atoms with Crippen molar-refractivity contribution in [1.29, 1.82) is 0 Å². The Morgan fingerprint density at radius 3 is 2.50 bits per heavy atom. The van der Waals surface area contributed by atoms with E-state index in [0.717, 1.165) is 6.42 Å². The molecule has 0 saturated carbocycles. The summed E-state index contributed by atoms with van der Waals surface area (Å²) >= 11 is 0. The summed E-state index contributed by atoms with van der Waals surface area (Å²) in [7, 11) is 0. The molecule has 0 aliphatic heterocycles. The van der Waals surface area contributed by atoms with E-state index in [0.29, 0.717) is 13.2 Å².